The largest absolute Gasteiger partial charge is 0.324 e. The van der Waals surface area contributed by atoms with Gasteiger partial charge in [-0.3, -0.25) is 0 Å². The number of benzene rings is 1. The summed E-state index contributed by atoms with van der Waals surface area (Å²) in [5.74, 6) is 0. The van der Waals surface area contributed by atoms with E-state index in [9.17, 15) is 0 Å². The van der Waals surface area contributed by atoms with Gasteiger partial charge in [-0.05, 0) is 48.1 Å². The molecular formula is C13H13Cl2NS. The van der Waals surface area contributed by atoms with Crippen LogP contribution in [0.5, 0.6) is 0 Å². The standard InChI is InChI=1S/C13H13Cl2NS/c1-8-4-10(7-17-8)13(16)5-9-2-3-11(14)6-12(9)15/h2-4,6-7,13H,5,16H2,1H3. The summed E-state index contributed by atoms with van der Waals surface area (Å²) in [6, 6.07) is 7.64. The molecule has 2 rings (SSSR count). The first kappa shape index (κ1) is 12.9. The lowest BCUT2D eigenvalue weighted by atomic mass is 10.0. The van der Waals surface area contributed by atoms with E-state index in [1.54, 1.807) is 17.4 Å². The number of halogens is 2. The molecule has 0 radical (unpaired) electrons. The fraction of sp³-hybridized carbons (Fsp3) is 0.231. The highest BCUT2D eigenvalue weighted by Gasteiger charge is 2.11. The smallest absolute Gasteiger partial charge is 0.0453 e. The Morgan fingerprint density at radius 1 is 1.29 bits per heavy atom. The highest BCUT2D eigenvalue weighted by molar-refractivity contribution is 7.10. The maximum absolute atomic E-state index is 6.16. The van der Waals surface area contributed by atoms with Gasteiger partial charge in [-0.15, -0.1) is 11.3 Å². The van der Waals surface area contributed by atoms with Crippen molar-refractivity contribution in [2.45, 2.75) is 19.4 Å². The second kappa shape index (κ2) is 5.40. The Hall–Kier alpha value is -0.540. The van der Waals surface area contributed by atoms with Gasteiger partial charge in [0.25, 0.3) is 0 Å². The Bertz CT molecular complexity index is 522. The van der Waals surface area contributed by atoms with Crippen molar-refractivity contribution in [1.29, 1.82) is 0 Å². The van der Waals surface area contributed by atoms with Crippen molar-refractivity contribution in [3.05, 3.63) is 55.7 Å². The zero-order valence-corrected chi connectivity index (χ0v) is 11.7. The lowest BCUT2D eigenvalue weighted by Crippen LogP contribution is -2.12. The molecule has 90 valence electrons. The summed E-state index contributed by atoms with van der Waals surface area (Å²) in [6.07, 6.45) is 0.728. The fourth-order valence-electron chi connectivity index (χ4n) is 1.70. The van der Waals surface area contributed by atoms with Crippen molar-refractivity contribution in [3.63, 3.8) is 0 Å². The average molecular weight is 286 g/mol. The maximum Gasteiger partial charge on any atom is 0.0453 e. The monoisotopic (exact) mass is 285 g/mol. The molecule has 1 aromatic heterocycles. The number of aryl methyl sites for hydroxylation is 1. The molecule has 2 aromatic rings. The van der Waals surface area contributed by atoms with E-state index >= 15 is 0 Å². The normalized spacial score (nSPS) is 12.7. The third kappa shape index (κ3) is 3.23. The zero-order chi connectivity index (χ0) is 12.4. The minimum Gasteiger partial charge on any atom is -0.324 e. The second-order valence-electron chi connectivity index (χ2n) is 4.04. The fourth-order valence-corrected chi connectivity index (χ4v) is 2.95. The van der Waals surface area contributed by atoms with Gasteiger partial charge in [-0.1, -0.05) is 29.3 Å². The van der Waals surface area contributed by atoms with Crippen LogP contribution < -0.4 is 5.73 Å². The van der Waals surface area contributed by atoms with Crippen molar-refractivity contribution in [3.8, 4) is 0 Å². The third-order valence-electron chi connectivity index (χ3n) is 2.63. The van der Waals surface area contributed by atoms with Gasteiger partial charge in [0.05, 0.1) is 0 Å². The molecule has 0 fully saturated rings. The summed E-state index contributed by atoms with van der Waals surface area (Å²) in [5.41, 5.74) is 8.36. The maximum atomic E-state index is 6.16. The van der Waals surface area contributed by atoms with E-state index < -0.39 is 0 Å². The van der Waals surface area contributed by atoms with Gasteiger partial charge in [-0.25, -0.2) is 0 Å². The van der Waals surface area contributed by atoms with Crippen LogP contribution in [0.25, 0.3) is 0 Å². The van der Waals surface area contributed by atoms with Crippen LogP contribution in [-0.2, 0) is 6.42 Å². The molecule has 1 heterocycles. The van der Waals surface area contributed by atoms with E-state index in [0.29, 0.717) is 10.0 Å². The second-order valence-corrected chi connectivity index (χ2v) is 6.00. The molecule has 0 spiro atoms. The van der Waals surface area contributed by atoms with E-state index in [1.165, 1.54) is 10.4 Å². The van der Waals surface area contributed by atoms with Gasteiger partial charge in [0.1, 0.15) is 0 Å². The van der Waals surface area contributed by atoms with Gasteiger partial charge >= 0.3 is 0 Å². The molecule has 4 heteroatoms. The lowest BCUT2D eigenvalue weighted by molar-refractivity contribution is 0.725. The molecule has 0 saturated carbocycles. The van der Waals surface area contributed by atoms with E-state index in [0.717, 1.165) is 12.0 Å². The minimum atomic E-state index is -0.0152. The summed E-state index contributed by atoms with van der Waals surface area (Å²) < 4.78 is 0. The molecule has 0 bridgehead atoms. The lowest BCUT2D eigenvalue weighted by Gasteiger charge is -2.11. The molecule has 0 aliphatic heterocycles. The Kier molecular flexibility index (Phi) is 4.10. The first-order chi connectivity index (χ1) is 8.06. The van der Waals surface area contributed by atoms with Gasteiger partial charge < -0.3 is 5.73 Å². The summed E-state index contributed by atoms with van der Waals surface area (Å²) in [5, 5.41) is 3.43. The summed E-state index contributed by atoms with van der Waals surface area (Å²) >= 11 is 13.7. The first-order valence-electron chi connectivity index (χ1n) is 5.31. The van der Waals surface area contributed by atoms with Crippen LogP contribution in [0.1, 0.15) is 22.0 Å². The van der Waals surface area contributed by atoms with Crippen molar-refractivity contribution in [2.24, 2.45) is 5.73 Å². The number of nitrogens with two attached hydrogens (primary N) is 1. The van der Waals surface area contributed by atoms with Crippen LogP contribution in [0.15, 0.2) is 29.6 Å². The molecule has 1 aromatic carbocycles. The van der Waals surface area contributed by atoms with Crippen LogP contribution in [0.4, 0.5) is 0 Å². The summed E-state index contributed by atoms with van der Waals surface area (Å²) in [4.78, 5) is 1.28. The minimum absolute atomic E-state index is 0.0152. The van der Waals surface area contributed by atoms with E-state index in [2.05, 4.69) is 18.4 Å². The van der Waals surface area contributed by atoms with Crippen LogP contribution >= 0.6 is 34.5 Å². The van der Waals surface area contributed by atoms with Crippen LogP contribution in [0.2, 0.25) is 10.0 Å². The molecule has 1 unspecified atom stereocenters. The Morgan fingerprint density at radius 3 is 2.65 bits per heavy atom. The Balaban J connectivity index is 2.15. The van der Waals surface area contributed by atoms with E-state index in [4.69, 9.17) is 28.9 Å². The molecular weight excluding hydrogens is 273 g/mol. The molecule has 1 atom stereocenters. The molecule has 1 nitrogen and oxygen atoms in total. The van der Waals surface area contributed by atoms with Crippen molar-refractivity contribution in [1.82, 2.24) is 0 Å². The number of thiophene rings is 1. The topological polar surface area (TPSA) is 26.0 Å². The Morgan fingerprint density at radius 2 is 2.06 bits per heavy atom. The summed E-state index contributed by atoms with van der Waals surface area (Å²) in [7, 11) is 0. The number of hydrogen-bond donors (Lipinski definition) is 1. The van der Waals surface area contributed by atoms with Gasteiger partial charge in [0.15, 0.2) is 0 Å². The first-order valence-corrected chi connectivity index (χ1v) is 6.94. The zero-order valence-electron chi connectivity index (χ0n) is 9.41. The highest BCUT2D eigenvalue weighted by atomic mass is 35.5. The van der Waals surface area contributed by atoms with Gasteiger partial charge in [0, 0.05) is 21.0 Å². The predicted molar refractivity (Wildman–Crippen MR) is 76.2 cm³/mol. The van der Waals surface area contributed by atoms with Gasteiger partial charge in [-0.2, -0.15) is 0 Å². The molecule has 17 heavy (non-hydrogen) atoms. The average Bonchev–Trinajstić information content (AvgIpc) is 2.69. The highest BCUT2D eigenvalue weighted by Crippen LogP contribution is 2.26. The quantitative estimate of drug-likeness (QED) is 0.876. The number of rotatable bonds is 3. The third-order valence-corrected chi connectivity index (χ3v) is 4.10. The molecule has 2 N–H and O–H groups in total. The van der Waals surface area contributed by atoms with Crippen LogP contribution in [0, 0.1) is 6.92 Å². The SMILES string of the molecule is Cc1cc(C(N)Cc2ccc(Cl)cc2Cl)cs1. The van der Waals surface area contributed by atoms with Crippen LogP contribution in [0.3, 0.4) is 0 Å². The van der Waals surface area contributed by atoms with E-state index in [1.807, 2.05) is 12.1 Å². The van der Waals surface area contributed by atoms with Crippen molar-refractivity contribution < 1.29 is 0 Å². The van der Waals surface area contributed by atoms with Crippen molar-refractivity contribution >= 4 is 34.5 Å². The molecule has 0 aliphatic carbocycles. The molecule has 0 aliphatic rings. The van der Waals surface area contributed by atoms with Crippen LogP contribution in [-0.4, -0.2) is 0 Å². The Labute approximate surface area is 115 Å². The van der Waals surface area contributed by atoms with E-state index in [-0.39, 0.29) is 6.04 Å². The van der Waals surface area contributed by atoms with Crippen molar-refractivity contribution in [2.75, 3.05) is 0 Å². The summed E-state index contributed by atoms with van der Waals surface area (Å²) in [6.45, 7) is 2.08. The molecule has 0 amide bonds. The molecule has 0 saturated heterocycles. The number of hydrogen-bond acceptors (Lipinski definition) is 2. The predicted octanol–water partition coefficient (Wildman–Crippen LogP) is 4.61. The van der Waals surface area contributed by atoms with Gasteiger partial charge in [0.2, 0.25) is 0 Å².